The van der Waals surface area contributed by atoms with Gasteiger partial charge in [0.25, 0.3) is 0 Å². The molecule has 6 nitrogen and oxygen atoms in total. The van der Waals surface area contributed by atoms with E-state index in [-0.39, 0.29) is 31.4 Å². The fraction of sp³-hybridized carbons (Fsp3) is 0.500. The van der Waals surface area contributed by atoms with Crippen LogP contribution < -0.4 is 10.2 Å². The molecule has 0 spiro atoms. The highest BCUT2D eigenvalue weighted by Gasteiger charge is 2.35. The molecule has 2 N–H and O–H groups in total. The van der Waals surface area contributed by atoms with Gasteiger partial charge in [-0.15, -0.1) is 0 Å². The van der Waals surface area contributed by atoms with Crippen LogP contribution in [0.2, 0.25) is 0 Å². The van der Waals surface area contributed by atoms with Gasteiger partial charge < -0.3 is 20.1 Å². The Labute approximate surface area is 143 Å². The van der Waals surface area contributed by atoms with E-state index in [0.717, 1.165) is 15.7 Å². The number of hydrogen-bond acceptors (Lipinski definition) is 4. The van der Waals surface area contributed by atoms with Crippen molar-refractivity contribution in [2.75, 3.05) is 31.7 Å². The van der Waals surface area contributed by atoms with Crippen molar-refractivity contribution in [1.82, 2.24) is 5.32 Å². The Morgan fingerprint density at radius 1 is 1.57 bits per heavy atom. The fourth-order valence-electron chi connectivity index (χ4n) is 2.54. The summed E-state index contributed by atoms with van der Waals surface area (Å²) in [6.45, 7) is 2.59. The van der Waals surface area contributed by atoms with E-state index in [0.29, 0.717) is 6.54 Å². The van der Waals surface area contributed by atoms with Crippen molar-refractivity contribution in [2.45, 2.75) is 19.4 Å². The molecule has 1 aromatic rings. The SMILES string of the molecule is COC[C@H](O)CNC(=O)[C@H]1CC(=O)N(c2ccc(Br)c(C)c2)C1. The smallest absolute Gasteiger partial charge is 0.227 e. The number of aliphatic hydroxyl groups is 1. The van der Waals surface area contributed by atoms with E-state index in [1.807, 2.05) is 25.1 Å². The number of nitrogens with zero attached hydrogens (tertiary/aromatic N) is 1. The van der Waals surface area contributed by atoms with Gasteiger partial charge in [-0.3, -0.25) is 9.59 Å². The predicted molar refractivity (Wildman–Crippen MR) is 90.2 cm³/mol. The monoisotopic (exact) mass is 384 g/mol. The molecule has 2 rings (SSSR count). The standard InChI is InChI=1S/C16H21BrN2O4/c1-10-5-12(3-4-14(10)17)19-8-11(6-15(19)21)16(22)18-7-13(20)9-23-2/h3-5,11,13,20H,6-9H2,1-2H3,(H,18,22)/t11-,13+/m0/s1. The minimum atomic E-state index is -0.744. The van der Waals surface area contributed by atoms with Crippen molar-refractivity contribution in [2.24, 2.45) is 5.92 Å². The first-order chi connectivity index (χ1) is 10.9. The van der Waals surface area contributed by atoms with Gasteiger partial charge in [-0.25, -0.2) is 0 Å². The molecule has 0 aliphatic carbocycles. The molecule has 1 aromatic carbocycles. The molecule has 2 amide bonds. The van der Waals surface area contributed by atoms with Crippen LogP contribution in [0.3, 0.4) is 0 Å². The summed E-state index contributed by atoms with van der Waals surface area (Å²) in [6.07, 6.45) is -0.562. The average molecular weight is 385 g/mol. The molecule has 1 saturated heterocycles. The van der Waals surface area contributed by atoms with Crippen molar-refractivity contribution in [3.05, 3.63) is 28.2 Å². The van der Waals surface area contributed by atoms with E-state index < -0.39 is 12.0 Å². The van der Waals surface area contributed by atoms with Gasteiger partial charge >= 0.3 is 0 Å². The van der Waals surface area contributed by atoms with Gasteiger partial charge in [-0.2, -0.15) is 0 Å². The number of halogens is 1. The third-order valence-electron chi connectivity index (χ3n) is 3.82. The van der Waals surface area contributed by atoms with Crippen LogP contribution in [0, 0.1) is 12.8 Å². The highest BCUT2D eigenvalue weighted by atomic mass is 79.9. The van der Waals surface area contributed by atoms with Crippen LogP contribution in [0.4, 0.5) is 5.69 Å². The molecule has 0 saturated carbocycles. The predicted octanol–water partition coefficient (Wildman–Crippen LogP) is 1.23. The van der Waals surface area contributed by atoms with Gasteiger partial charge in [0.15, 0.2) is 0 Å². The van der Waals surface area contributed by atoms with E-state index in [9.17, 15) is 14.7 Å². The number of nitrogens with one attached hydrogen (secondary N) is 1. The molecular formula is C16H21BrN2O4. The van der Waals surface area contributed by atoms with Crippen LogP contribution in [-0.2, 0) is 14.3 Å². The molecule has 0 unspecified atom stereocenters. The summed E-state index contributed by atoms with van der Waals surface area (Å²) in [4.78, 5) is 26.0. The lowest BCUT2D eigenvalue weighted by atomic mass is 10.1. The Morgan fingerprint density at radius 3 is 2.96 bits per heavy atom. The van der Waals surface area contributed by atoms with Crippen molar-refractivity contribution >= 4 is 33.4 Å². The summed E-state index contributed by atoms with van der Waals surface area (Å²) in [5.74, 6) is -0.685. The molecular weight excluding hydrogens is 364 g/mol. The van der Waals surface area contributed by atoms with Crippen LogP contribution in [0.15, 0.2) is 22.7 Å². The summed E-state index contributed by atoms with van der Waals surface area (Å²) in [7, 11) is 1.48. The zero-order valence-electron chi connectivity index (χ0n) is 13.2. The summed E-state index contributed by atoms with van der Waals surface area (Å²) < 4.78 is 5.79. The molecule has 1 aliphatic rings. The topological polar surface area (TPSA) is 78.9 Å². The minimum Gasteiger partial charge on any atom is -0.389 e. The van der Waals surface area contributed by atoms with Gasteiger partial charge in [-0.05, 0) is 30.7 Å². The number of benzene rings is 1. The maximum Gasteiger partial charge on any atom is 0.227 e. The third kappa shape index (κ3) is 4.53. The van der Waals surface area contributed by atoms with Gasteiger partial charge in [-0.1, -0.05) is 15.9 Å². The number of ether oxygens (including phenoxy) is 1. The molecule has 0 aromatic heterocycles. The molecule has 1 heterocycles. The third-order valence-corrected chi connectivity index (χ3v) is 4.71. The van der Waals surface area contributed by atoms with Crippen LogP contribution in [0.1, 0.15) is 12.0 Å². The number of hydrogen-bond donors (Lipinski definition) is 2. The first-order valence-electron chi connectivity index (χ1n) is 7.43. The van der Waals surface area contributed by atoms with Crippen molar-refractivity contribution in [3.63, 3.8) is 0 Å². The summed E-state index contributed by atoms with van der Waals surface area (Å²) in [5, 5.41) is 12.2. The lowest BCUT2D eigenvalue weighted by molar-refractivity contribution is -0.126. The van der Waals surface area contributed by atoms with Crippen molar-refractivity contribution < 1.29 is 19.4 Å². The number of anilines is 1. The van der Waals surface area contributed by atoms with Crippen molar-refractivity contribution in [1.29, 1.82) is 0 Å². The molecule has 1 aliphatic heterocycles. The van der Waals surface area contributed by atoms with E-state index in [4.69, 9.17) is 4.74 Å². The van der Waals surface area contributed by atoms with Crippen LogP contribution in [0.5, 0.6) is 0 Å². The number of rotatable bonds is 6. The summed E-state index contributed by atoms with van der Waals surface area (Å²) >= 11 is 3.43. The first kappa shape index (κ1) is 17.9. The van der Waals surface area contributed by atoms with Gasteiger partial charge in [0.05, 0.1) is 18.6 Å². The lowest BCUT2D eigenvalue weighted by Crippen LogP contribution is -2.38. The minimum absolute atomic E-state index is 0.0655. The second-order valence-electron chi connectivity index (χ2n) is 5.69. The zero-order valence-corrected chi connectivity index (χ0v) is 14.8. The molecule has 23 heavy (non-hydrogen) atoms. The van der Waals surface area contributed by atoms with Crippen LogP contribution >= 0.6 is 15.9 Å². The highest BCUT2D eigenvalue weighted by Crippen LogP contribution is 2.28. The Balaban J connectivity index is 1.96. The number of aryl methyl sites for hydroxylation is 1. The van der Waals surface area contributed by atoms with E-state index in [2.05, 4.69) is 21.2 Å². The quantitative estimate of drug-likeness (QED) is 0.772. The van der Waals surface area contributed by atoms with E-state index >= 15 is 0 Å². The Hall–Kier alpha value is -1.44. The van der Waals surface area contributed by atoms with Crippen LogP contribution in [-0.4, -0.2) is 49.8 Å². The van der Waals surface area contributed by atoms with Gasteiger partial charge in [0.2, 0.25) is 11.8 Å². The van der Waals surface area contributed by atoms with Gasteiger partial charge in [0, 0.05) is 36.8 Å². The zero-order chi connectivity index (χ0) is 17.0. The highest BCUT2D eigenvalue weighted by molar-refractivity contribution is 9.10. The largest absolute Gasteiger partial charge is 0.389 e. The number of carbonyl (C=O) groups is 2. The maximum absolute atomic E-state index is 12.2. The average Bonchev–Trinajstić information content (AvgIpc) is 2.90. The Kier molecular flexibility index (Phi) is 6.15. The van der Waals surface area contributed by atoms with E-state index in [1.54, 1.807) is 4.90 Å². The molecule has 126 valence electrons. The second-order valence-corrected chi connectivity index (χ2v) is 6.55. The van der Waals surface area contributed by atoms with Crippen molar-refractivity contribution in [3.8, 4) is 0 Å². The normalized spacial score (nSPS) is 19.0. The maximum atomic E-state index is 12.2. The first-order valence-corrected chi connectivity index (χ1v) is 8.23. The molecule has 0 bridgehead atoms. The molecule has 1 fully saturated rings. The number of aliphatic hydroxyl groups excluding tert-OH is 1. The molecule has 0 radical (unpaired) electrons. The Bertz CT molecular complexity index is 593. The molecule has 7 heteroatoms. The van der Waals surface area contributed by atoms with Gasteiger partial charge in [0.1, 0.15) is 0 Å². The number of methoxy groups -OCH3 is 1. The Morgan fingerprint density at radius 2 is 2.30 bits per heavy atom. The number of carbonyl (C=O) groups excluding carboxylic acids is 2. The molecule has 2 atom stereocenters. The lowest BCUT2D eigenvalue weighted by Gasteiger charge is -2.18. The summed E-state index contributed by atoms with van der Waals surface area (Å²) in [6, 6.07) is 5.68. The summed E-state index contributed by atoms with van der Waals surface area (Å²) in [5.41, 5.74) is 1.83. The second kappa shape index (κ2) is 7.90. The fourth-order valence-corrected chi connectivity index (χ4v) is 2.79. The van der Waals surface area contributed by atoms with E-state index in [1.165, 1.54) is 7.11 Å². The number of amides is 2. The van der Waals surface area contributed by atoms with Crippen LogP contribution in [0.25, 0.3) is 0 Å².